The molecule has 5 rings (SSSR count). The molecular formula is C27H28N4O3. The molecular weight excluding hydrogens is 428 g/mol. The van der Waals surface area contributed by atoms with Crippen molar-refractivity contribution in [3.05, 3.63) is 94.9 Å². The number of fused-ring (bicyclic) bond motifs is 2. The highest BCUT2D eigenvalue weighted by molar-refractivity contribution is 6.01. The number of carbonyl (C=O) groups is 2. The predicted molar refractivity (Wildman–Crippen MR) is 130 cm³/mol. The fraction of sp³-hybridized carbons (Fsp3) is 0.259. The number of benzene rings is 2. The number of hydrogen-bond donors (Lipinski definition) is 3. The van der Waals surface area contributed by atoms with E-state index < -0.39 is 0 Å². The third-order valence-corrected chi connectivity index (χ3v) is 6.37. The van der Waals surface area contributed by atoms with Gasteiger partial charge in [-0.15, -0.1) is 0 Å². The van der Waals surface area contributed by atoms with Crippen molar-refractivity contribution in [1.82, 2.24) is 20.2 Å². The first kappa shape index (κ1) is 22.0. The van der Waals surface area contributed by atoms with E-state index in [2.05, 4.69) is 15.6 Å². The average molecular weight is 457 g/mol. The summed E-state index contributed by atoms with van der Waals surface area (Å²) in [7, 11) is 0. The smallest absolute Gasteiger partial charge is 0.268 e. The fourth-order valence-corrected chi connectivity index (χ4v) is 4.53. The van der Waals surface area contributed by atoms with Crippen LogP contribution in [-0.2, 0) is 24.4 Å². The van der Waals surface area contributed by atoms with Gasteiger partial charge in [-0.1, -0.05) is 49.4 Å². The lowest BCUT2D eigenvalue weighted by atomic mass is 10.0. The van der Waals surface area contributed by atoms with Crippen LogP contribution in [0.3, 0.4) is 0 Å². The second-order valence-corrected chi connectivity index (χ2v) is 8.52. The lowest BCUT2D eigenvalue weighted by Crippen LogP contribution is -2.30. The van der Waals surface area contributed by atoms with E-state index in [1.165, 1.54) is 0 Å². The molecule has 1 aliphatic rings. The van der Waals surface area contributed by atoms with Crippen LogP contribution in [0.25, 0.3) is 10.9 Å². The van der Waals surface area contributed by atoms with E-state index in [4.69, 9.17) is 4.74 Å². The Morgan fingerprint density at radius 2 is 1.94 bits per heavy atom. The van der Waals surface area contributed by atoms with Crippen LogP contribution in [-0.4, -0.2) is 28.0 Å². The van der Waals surface area contributed by atoms with Gasteiger partial charge in [-0.05, 0) is 41.1 Å². The first-order valence-electron chi connectivity index (χ1n) is 11.6. The largest absolute Gasteiger partial charge is 0.373 e. The summed E-state index contributed by atoms with van der Waals surface area (Å²) in [6.45, 7) is 3.80. The predicted octanol–water partition coefficient (Wildman–Crippen LogP) is 4.31. The molecule has 2 aromatic carbocycles. The molecule has 7 nitrogen and oxygen atoms in total. The Labute approximate surface area is 198 Å². The van der Waals surface area contributed by atoms with Gasteiger partial charge in [0.15, 0.2) is 0 Å². The highest BCUT2D eigenvalue weighted by Crippen LogP contribution is 2.23. The Morgan fingerprint density at radius 3 is 2.76 bits per heavy atom. The number of rotatable bonds is 7. The first-order chi connectivity index (χ1) is 16.6. The van der Waals surface area contributed by atoms with Gasteiger partial charge >= 0.3 is 0 Å². The van der Waals surface area contributed by atoms with Crippen LogP contribution in [0.1, 0.15) is 57.1 Å². The van der Waals surface area contributed by atoms with Gasteiger partial charge < -0.3 is 24.9 Å². The molecule has 2 amide bonds. The van der Waals surface area contributed by atoms with Crippen LogP contribution < -0.4 is 10.6 Å². The van der Waals surface area contributed by atoms with Gasteiger partial charge in [0.1, 0.15) is 5.69 Å². The van der Waals surface area contributed by atoms with Gasteiger partial charge in [-0.25, -0.2) is 0 Å². The number of H-pyrrole nitrogens is 1. The Balaban J connectivity index is 1.35. The van der Waals surface area contributed by atoms with E-state index >= 15 is 0 Å². The van der Waals surface area contributed by atoms with Crippen molar-refractivity contribution in [2.45, 2.75) is 39.1 Å². The molecule has 0 saturated carbocycles. The normalized spacial score (nSPS) is 13.9. The summed E-state index contributed by atoms with van der Waals surface area (Å²) >= 11 is 0. The van der Waals surface area contributed by atoms with Gasteiger partial charge in [0.25, 0.3) is 11.8 Å². The van der Waals surface area contributed by atoms with E-state index in [-0.39, 0.29) is 17.9 Å². The Hall–Kier alpha value is -3.84. The molecule has 2 aromatic heterocycles. The van der Waals surface area contributed by atoms with Crippen molar-refractivity contribution in [1.29, 1.82) is 0 Å². The molecule has 0 fully saturated rings. The highest BCUT2D eigenvalue weighted by atomic mass is 16.5. The minimum atomic E-state index is -0.205. The van der Waals surface area contributed by atoms with Crippen LogP contribution in [0.15, 0.2) is 66.9 Å². The van der Waals surface area contributed by atoms with Crippen molar-refractivity contribution in [2.24, 2.45) is 0 Å². The SMILES string of the molecule is CC[C@@H](NC(=O)c1cc(C(=O)NCc2ccc3cc[nH]c3c2)n2c1COCC2)c1ccccc1. The summed E-state index contributed by atoms with van der Waals surface area (Å²) in [6.07, 6.45) is 2.66. The molecule has 3 heterocycles. The molecule has 1 atom stereocenters. The second kappa shape index (κ2) is 9.57. The van der Waals surface area contributed by atoms with E-state index in [1.54, 1.807) is 6.07 Å². The number of carbonyl (C=O) groups excluding carboxylic acids is 2. The first-order valence-corrected chi connectivity index (χ1v) is 11.6. The lowest BCUT2D eigenvalue weighted by molar-refractivity contribution is 0.0776. The van der Waals surface area contributed by atoms with Crippen LogP contribution in [0, 0.1) is 0 Å². The number of aromatic nitrogens is 2. The molecule has 3 N–H and O–H groups in total. The summed E-state index contributed by atoms with van der Waals surface area (Å²) in [5.41, 5.74) is 4.81. The molecule has 0 radical (unpaired) electrons. The van der Waals surface area contributed by atoms with Crippen LogP contribution in [0.4, 0.5) is 0 Å². The summed E-state index contributed by atoms with van der Waals surface area (Å²) in [6, 6.07) is 19.6. The number of hydrogen-bond acceptors (Lipinski definition) is 3. The molecule has 0 unspecified atom stereocenters. The monoisotopic (exact) mass is 456 g/mol. The Morgan fingerprint density at radius 1 is 1.09 bits per heavy atom. The molecule has 4 aromatic rings. The zero-order valence-corrected chi connectivity index (χ0v) is 19.1. The molecule has 34 heavy (non-hydrogen) atoms. The zero-order chi connectivity index (χ0) is 23.5. The topological polar surface area (TPSA) is 88.2 Å². The minimum Gasteiger partial charge on any atom is -0.373 e. The number of aromatic amines is 1. The van der Waals surface area contributed by atoms with Gasteiger partial charge in [0.2, 0.25) is 0 Å². The van der Waals surface area contributed by atoms with E-state index in [0.29, 0.717) is 37.6 Å². The molecule has 174 valence electrons. The van der Waals surface area contributed by atoms with E-state index in [9.17, 15) is 9.59 Å². The number of amides is 2. The molecule has 7 heteroatoms. The summed E-state index contributed by atoms with van der Waals surface area (Å²) < 4.78 is 7.53. The van der Waals surface area contributed by atoms with Gasteiger partial charge in [0, 0.05) is 24.8 Å². The second-order valence-electron chi connectivity index (χ2n) is 8.52. The van der Waals surface area contributed by atoms with Gasteiger partial charge in [-0.3, -0.25) is 9.59 Å². The third-order valence-electron chi connectivity index (χ3n) is 6.37. The number of nitrogens with one attached hydrogen (secondary N) is 3. The summed E-state index contributed by atoms with van der Waals surface area (Å²) in [5.74, 6) is -0.398. The molecule has 1 aliphatic heterocycles. The lowest BCUT2D eigenvalue weighted by Gasteiger charge is -2.20. The number of ether oxygens (including phenoxy) is 1. The van der Waals surface area contributed by atoms with Crippen molar-refractivity contribution in [2.75, 3.05) is 6.61 Å². The van der Waals surface area contributed by atoms with Gasteiger partial charge in [0.05, 0.1) is 30.5 Å². The summed E-state index contributed by atoms with van der Waals surface area (Å²) in [4.78, 5) is 29.6. The van der Waals surface area contributed by atoms with Crippen molar-refractivity contribution < 1.29 is 14.3 Å². The minimum absolute atomic E-state index is 0.103. The number of nitrogens with zero attached hydrogens (tertiary/aromatic N) is 1. The highest BCUT2D eigenvalue weighted by Gasteiger charge is 2.27. The van der Waals surface area contributed by atoms with Crippen molar-refractivity contribution in [3.8, 4) is 0 Å². The quantitative estimate of drug-likeness (QED) is 0.387. The Kier molecular flexibility index (Phi) is 6.18. The summed E-state index contributed by atoms with van der Waals surface area (Å²) in [5, 5.41) is 7.27. The molecule has 0 spiro atoms. The fourth-order valence-electron chi connectivity index (χ4n) is 4.53. The van der Waals surface area contributed by atoms with Crippen LogP contribution >= 0.6 is 0 Å². The average Bonchev–Trinajstić information content (AvgIpc) is 3.51. The van der Waals surface area contributed by atoms with E-state index in [0.717, 1.165) is 34.1 Å². The molecule has 0 aliphatic carbocycles. The maximum atomic E-state index is 13.3. The maximum absolute atomic E-state index is 13.3. The van der Waals surface area contributed by atoms with Gasteiger partial charge in [-0.2, -0.15) is 0 Å². The molecule has 0 saturated heterocycles. The van der Waals surface area contributed by atoms with E-state index in [1.807, 2.05) is 72.3 Å². The zero-order valence-electron chi connectivity index (χ0n) is 19.1. The Bertz CT molecular complexity index is 1320. The van der Waals surface area contributed by atoms with Crippen molar-refractivity contribution in [3.63, 3.8) is 0 Å². The van der Waals surface area contributed by atoms with Crippen LogP contribution in [0.2, 0.25) is 0 Å². The maximum Gasteiger partial charge on any atom is 0.268 e. The van der Waals surface area contributed by atoms with Crippen LogP contribution in [0.5, 0.6) is 0 Å². The van der Waals surface area contributed by atoms with Crippen molar-refractivity contribution >= 4 is 22.7 Å². The molecule has 0 bridgehead atoms. The third kappa shape index (κ3) is 4.34. The standard InChI is InChI=1S/C27H28N4O3/c1-2-22(19-6-4-3-5-7-19)30-26(32)21-15-24(31-12-13-34-17-25(21)31)27(33)29-16-18-8-9-20-10-11-28-23(20)14-18/h3-11,14-15,22,28H,2,12-13,16-17H2,1H3,(H,29,33)(H,30,32)/t22-/m1/s1.